The van der Waals surface area contributed by atoms with Crippen LogP contribution in [-0.2, 0) is 9.59 Å². The molecule has 82 valence electrons. The molecule has 0 aromatic heterocycles. The Kier molecular flexibility index (Phi) is 3.72. The van der Waals surface area contributed by atoms with E-state index >= 15 is 0 Å². The van der Waals surface area contributed by atoms with Crippen LogP contribution in [0.3, 0.4) is 0 Å². The maximum Gasteiger partial charge on any atom is 0.231 e. The zero-order valence-corrected chi connectivity index (χ0v) is 8.58. The van der Waals surface area contributed by atoms with Gasteiger partial charge in [-0.1, -0.05) is 0 Å². The zero-order valence-electron chi connectivity index (χ0n) is 8.58. The third-order valence-corrected chi connectivity index (χ3v) is 1.78. The number of nitrogens with zero attached hydrogens (tertiary/aromatic N) is 1. The van der Waals surface area contributed by atoms with Crippen molar-refractivity contribution in [3.8, 4) is 6.07 Å². The molecule has 0 aliphatic rings. The smallest absolute Gasteiger partial charge is 0.231 e. The summed E-state index contributed by atoms with van der Waals surface area (Å²) in [6.07, 6.45) is -0.292. The molecule has 16 heavy (non-hydrogen) atoms. The molecule has 0 spiro atoms. The molecule has 1 amide bonds. The number of halogens is 1. The molecule has 1 N–H and O–H groups in total. The van der Waals surface area contributed by atoms with Crippen molar-refractivity contribution >= 4 is 17.4 Å². The molecular weight excluding hydrogens is 211 g/mol. The van der Waals surface area contributed by atoms with Crippen molar-refractivity contribution in [1.29, 1.82) is 5.26 Å². The van der Waals surface area contributed by atoms with E-state index in [9.17, 15) is 14.0 Å². The Bertz CT molecular complexity index is 477. The van der Waals surface area contributed by atoms with Crippen LogP contribution < -0.4 is 5.32 Å². The van der Waals surface area contributed by atoms with Gasteiger partial charge in [0.25, 0.3) is 0 Å². The number of nitriles is 1. The molecule has 0 radical (unpaired) electrons. The Morgan fingerprint density at radius 3 is 2.69 bits per heavy atom. The first-order chi connectivity index (χ1) is 7.52. The molecule has 0 aliphatic carbocycles. The molecule has 5 heteroatoms. The third kappa shape index (κ3) is 3.17. The number of carbonyl (C=O) groups excluding carboxylic acids is 2. The maximum absolute atomic E-state index is 13.3. The van der Waals surface area contributed by atoms with Gasteiger partial charge in [0.2, 0.25) is 5.91 Å². The SMILES string of the molecule is CC(=O)CC(=O)Nc1ccc(C#N)cc1F. The summed E-state index contributed by atoms with van der Waals surface area (Å²) in [7, 11) is 0. The molecule has 0 bridgehead atoms. The number of rotatable bonds is 3. The molecule has 0 atom stereocenters. The lowest BCUT2D eigenvalue weighted by Crippen LogP contribution is -2.15. The van der Waals surface area contributed by atoms with Crippen LogP contribution >= 0.6 is 0 Å². The van der Waals surface area contributed by atoms with E-state index in [4.69, 9.17) is 5.26 Å². The largest absolute Gasteiger partial charge is 0.323 e. The van der Waals surface area contributed by atoms with Gasteiger partial charge in [-0.05, 0) is 25.1 Å². The molecule has 1 rings (SSSR count). The number of anilines is 1. The first-order valence-corrected chi connectivity index (χ1v) is 4.52. The van der Waals surface area contributed by atoms with Crippen molar-refractivity contribution in [1.82, 2.24) is 0 Å². The molecule has 1 aromatic rings. The number of benzene rings is 1. The Labute approximate surface area is 91.7 Å². The van der Waals surface area contributed by atoms with Crippen LogP contribution in [0.5, 0.6) is 0 Å². The van der Waals surface area contributed by atoms with Gasteiger partial charge in [-0.25, -0.2) is 4.39 Å². The minimum Gasteiger partial charge on any atom is -0.323 e. The zero-order chi connectivity index (χ0) is 12.1. The number of nitrogens with one attached hydrogen (secondary N) is 1. The Balaban J connectivity index is 2.79. The topological polar surface area (TPSA) is 70.0 Å². The summed E-state index contributed by atoms with van der Waals surface area (Å²) in [5.41, 5.74) is 0.132. The molecule has 0 fully saturated rings. The number of carbonyl (C=O) groups is 2. The van der Waals surface area contributed by atoms with Crippen LogP contribution in [0.2, 0.25) is 0 Å². The van der Waals surface area contributed by atoms with Crippen molar-refractivity contribution < 1.29 is 14.0 Å². The van der Waals surface area contributed by atoms with Crippen molar-refractivity contribution in [2.75, 3.05) is 5.32 Å². The van der Waals surface area contributed by atoms with Crippen molar-refractivity contribution in [2.45, 2.75) is 13.3 Å². The van der Waals surface area contributed by atoms with E-state index in [0.717, 1.165) is 6.07 Å². The molecule has 0 unspecified atom stereocenters. The second-order valence-corrected chi connectivity index (χ2v) is 3.23. The lowest BCUT2D eigenvalue weighted by molar-refractivity contribution is -0.124. The molecule has 0 aliphatic heterocycles. The quantitative estimate of drug-likeness (QED) is 0.787. The van der Waals surface area contributed by atoms with Gasteiger partial charge < -0.3 is 5.32 Å². The van der Waals surface area contributed by atoms with Gasteiger partial charge in [0.15, 0.2) is 0 Å². The number of hydrogen-bond acceptors (Lipinski definition) is 3. The predicted molar refractivity (Wildman–Crippen MR) is 55.0 cm³/mol. The fourth-order valence-electron chi connectivity index (χ4n) is 1.11. The van der Waals surface area contributed by atoms with E-state index in [1.165, 1.54) is 19.1 Å². The molecule has 0 saturated carbocycles. The van der Waals surface area contributed by atoms with E-state index in [2.05, 4.69) is 5.32 Å². The highest BCUT2D eigenvalue weighted by Gasteiger charge is 2.09. The second-order valence-electron chi connectivity index (χ2n) is 3.23. The Morgan fingerprint density at radius 1 is 1.50 bits per heavy atom. The van der Waals surface area contributed by atoms with Crippen LogP contribution in [0.15, 0.2) is 18.2 Å². The van der Waals surface area contributed by atoms with Crippen molar-refractivity contribution in [3.63, 3.8) is 0 Å². The van der Waals surface area contributed by atoms with Crippen molar-refractivity contribution in [3.05, 3.63) is 29.6 Å². The first kappa shape index (κ1) is 11.9. The summed E-state index contributed by atoms with van der Waals surface area (Å²) in [4.78, 5) is 21.8. The van der Waals surface area contributed by atoms with Crippen LogP contribution in [0.4, 0.5) is 10.1 Å². The molecule has 1 aromatic carbocycles. The average Bonchev–Trinajstić information content (AvgIpc) is 2.19. The number of amides is 1. The Morgan fingerprint density at radius 2 is 2.19 bits per heavy atom. The number of ketones is 1. The van der Waals surface area contributed by atoms with E-state index in [1.54, 1.807) is 6.07 Å². The van der Waals surface area contributed by atoms with Crippen LogP contribution in [0, 0.1) is 17.1 Å². The molecule has 0 heterocycles. The van der Waals surface area contributed by atoms with E-state index in [-0.39, 0.29) is 23.5 Å². The summed E-state index contributed by atoms with van der Waals surface area (Å²) in [6.45, 7) is 1.27. The first-order valence-electron chi connectivity index (χ1n) is 4.52. The van der Waals surface area contributed by atoms with E-state index in [1.807, 2.05) is 0 Å². The summed E-state index contributed by atoms with van der Waals surface area (Å²) in [5.74, 6) is -1.57. The summed E-state index contributed by atoms with van der Waals surface area (Å²) in [6, 6.07) is 5.46. The van der Waals surface area contributed by atoms with Crippen molar-refractivity contribution in [2.24, 2.45) is 0 Å². The van der Waals surface area contributed by atoms with Gasteiger partial charge in [0, 0.05) is 0 Å². The molecule has 0 saturated heterocycles. The molecule has 4 nitrogen and oxygen atoms in total. The minimum absolute atomic E-state index is 0.0368. The highest BCUT2D eigenvalue weighted by molar-refractivity contribution is 6.03. The minimum atomic E-state index is -0.698. The second kappa shape index (κ2) is 5.03. The average molecular weight is 220 g/mol. The lowest BCUT2D eigenvalue weighted by Gasteiger charge is -2.04. The number of hydrogen-bond donors (Lipinski definition) is 1. The standard InChI is InChI=1S/C11H9FN2O2/c1-7(15)4-11(16)14-10-3-2-8(6-13)5-9(10)12/h2-3,5H,4H2,1H3,(H,14,16). The number of Topliss-reactive ketones (excluding diaryl/α,β-unsaturated/α-hetero) is 1. The molecular formula is C11H9FN2O2. The van der Waals surface area contributed by atoms with Crippen LogP contribution in [0.1, 0.15) is 18.9 Å². The fraction of sp³-hybridized carbons (Fsp3) is 0.182. The lowest BCUT2D eigenvalue weighted by atomic mass is 10.2. The Hall–Kier alpha value is -2.22. The van der Waals surface area contributed by atoms with Gasteiger partial charge in [-0.3, -0.25) is 9.59 Å². The highest BCUT2D eigenvalue weighted by Crippen LogP contribution is 2.15. The van der Waals surface area contributed by atoms with Gasteiger partial charge in [-0.2, -0.15) is 5.26 Å². The maximum atomic E-state index is 13.3. The van der Waals surface area contributed by atoms with E-state index in [0.29, 0.717) is 0 Å². The summed E-state index contributed by atoms with van der Waals surface area (Å²) >= 11 is 0. The van der Waals surface area contributed by atoms with Gasteiger partial charge in [0.1, 0.15) is 11.6 Å². The summed E-state index contributed by atoms with van der Waals surface area (Å²) in [5, 5.41) is 10.8. The van der Waals surface area contributed by atoms with Crippen LogP contribution in [-0.4, -0.2) is 11.7 Å². The van der Waals surface area contributed by atoms with Gasteiger partial charge in [0.05, 0.1) is 23.7 Å². The van der Waals surface area contributed by atoms with E-state index < -0.39 is 11.7 Å². The normalized spacial score (nSPS) is 9.31. The fourth-order valence-corrected chi connectivity index (χ4v) is 1.11. The monoisotopic (exact) mass is 220 g/mol. The van der Waals surface area contributed by atoms with Gasteiger partial charge >= 0.3 is 0 Å². The summed E-state index contributed by atoms with van der Waals surface area (Å²) < 4.78 is 13.3. The third-order valence-electron chi connectivity index (χ3n) is 1.78. The van der Waals surface area contributed by atoms with Gasteiger partial charge in [-0.15, -0.1) is 0 Å². The predicted octanol–water partition coefficient (Wildman–Crippen LogP) is 1.61. The highest BCUT2D eigenvalue weighted by atomic mass is 19.1. The van der Waals surface area contributed by atoms with Crippen LogP contribution in [0.25, 0.3) is 0 Å².